The lowest BCUT2D eigenvalue weighted by Gasteiger charge is -2.35. The highest BCUT2D eigenvalue weighted by Crippen LogP contribution is 2.36. The summed E-state index contributed by atoms with van der Waals surface area (Å²) in [6.45, 7) is 0.694. The SMILES string of the molecule is CO[C@H]1CC[C@H](C(=O)N2Cc3ccc(C(=O)NO)cc3OC[C@@H]2c2ccccc2)CC1. The van der Waals surface area contributed by atoms with E-state index in [-0.39, 0.29) is 24.0 Å². The van der Waals surface area contributed by atoms with Gasteiger partial charge in [0.1, 0.15) is 12.4 Å². The zero-order valence-electron chi connectivity index (χ0n) is 17.6. The maximum absolute atomic E-state index is 13.6. The van der Waals surface area contributed by atoms with Crippen molar-refractivity contribution in [3.8, 4) is 5.75 Å². The lowest BCUT2D eigenvalue weighted by molar-refractivity contribution is -0.141. The number of fused-ring (bicyclic) bond motifs is 1. The number of ether oxygens (including phenoxy) is 2. The van der Waals surface area contributed by atoms with Crippen molar-refractivity contribution in [1.82, 2.24) is 10.4 Å². The summed E-state index contributed by atoms with van der Waals surface area (Å²) >= 11 is 0. The van der Waals surface area contributed by atoms with Crippen molar-refractivity contribution in [2.45, 2.75) is 44.4 Å². The van der Waals surface area contributed by atoms with Gasteiger partial charge in [0.2, 0.25) is 5.91 Å². The molecule has 2 aromatic carbocycles. The molecule has 2 aliphatic rings. The number of methoxy groups -OCH3 is 1. The van der Waals surface area contributed by atoms with E-state index in [1.54, 1.807) is 30.8 Å². The number of hydrogen-bond acceptors (Lipinski definition) is 5. The minimum atomic E-state index is -0.599. The van der Waals surface area contributed by atoms with E-state index in [0.717, 1.165) is 36.8 Å². The summed E-state index contributed by atoms with van der Waals surface area (Å²) in [5, 5.41) is 8.93. The largest absolute Gasteiger partial charge is 0.491 e. The van der Waals surface area contributed by atoms with Crippen LogP contribution in [0.3, 0.4) is 0 Å². The summed E-state index contributed by atoms with van der Waals surface area (Å²) in [5.41, 5.74) is 3.80. The molecule has 0 unspecified atom stereocenters. The van der Waals surface area contributed by atoms with Gasteiger partial charge in [-0.3, -0.25) is 14.8 Å². The molecule has 0 saturated heterocycles. The van der Waals surface area contributed by atoms with Gasteiger partial charge in [-0.25, -0.2) is 5.48 Å². The van der Waals surface area contributed by atoms with Gasteiger partial charge in [0.25, 0.3) is 5.91 Å². The van der Waals surface area contributed by atoms with Crippen molar-refractivity contribution >= 4 is 11.8 Å². The van der Waals surface area contributed by atoms with Crippen LogP contribution in [0.5, 0.6) is 5.75 Å². The van der Waals surface area contributed by atoms with Crippen LogP contribution in [0.4, 0.5) is 0 Å². The first kappa shape index (κ1) is 21.3. The molecular weight excluding hydrogens is 396 g/mol. The standard InChI is InChI=1S/C24H28N2O5/c1-30-20-11-9-17(10-12-20)24(28)26-14-19-8-7-18(23(27)25-29)13-22(19)31-15-21(26)16-5-3-2-4-6-16/h2-8,13,17,20-21,29H,9-12,14-15H2,1H3,(H,25,27)/t17-,20-,21-/m1/s1. The Morgan fingerprint density at radius 1 is 1.10 bits per heavy atom. The first-order valence-corrected chi connectivity index (χ1v) is 10.7. The van der Waals surface area contributed by atoms with E-state index in [4.69, 9.17) is 14.7 Å². The summed E-state index contributed by atoms with van der Waals surface area (Å²) in [5.74, 6) is 0.0640. The monoisotopic (exact) mass is 424 g/mol. The van der Waals surface area contributed by atoms with Gasteiger partial charge in [0.05, 0.1) is 18.7 Å². The van der Waals surface area contributed by atoms with Crippen molar-refractivity contribution in [2.24, 2.45) is 5.92 Å². The Hall–Kier alpha value is -2.90. The van der Waals surface area contributed by atoms with E-state index < -0.39 is 5.91 Å². The topological polar surface area (TPSA) is 88.1 Å². The zero-order chi connectivity index (χ0) is 21.8. The van der Waals surface area contributed by atoms with Crippen LogP contribution in [0, 0.1) is 5.92 Å². The van der Waals surface area contributed by atoms with Gasteiger partial charge in [0, 0.05) is 24.2 Å². The predicted octanol–water partition coefficient (Wildman–Crippen LogP) is 3.47. The third-order valence-electron chi connectivity index (χ3n) is 6.37. The van der Waals surface area contributed by atoms with Crippen LogP contribution in [0.15, 0.2) is 48.5 Å². The van der Waals surface area contributed by atoms with Crippen molar-refractivity contribution in [3.63, 3.8) is 0 Å². The summed E-state index contributed by atoms with van der Waals surface area (Å²) in [7, 11) is 1.73. The van der Waals surface area contributed by atoms with E-state index in [1.165, 1.54) is 0 Å². The van der Waals surface area contributed by atoms with E-state index >= 15 is 0 Å². The molecule has 31 heavy (non-hydrogen) atoms. The third kappa shape index (κ3) is 4.57. The molecule has 1 fully saturated rings. The van der Waals surface area contributed by atoms with Crippen LogP contribution < -0.4 is 10.2 Å². The Kier molecular flexibility index (Phi) is 6.53. The molecule has 1 atom stereocenters. The third-order valence-corrected chi connectivity index (χ3v) is 6.37. The fourth-order valence-corrected chi connectivity index (χ4v) is 4.54. The second-order valence-corrected chi connectivity index (χ2v) is 8.18. The van der Waals surface area contributed by atoms with E-state index in [0.29, 0.717) is 24.5 Å². The molecule has 1 heterocycles. The second kappa shape index (κ2) is 9.49. The van der Waals surface area contributed by atoms with Crippen LogP contribution in [0.25, 0.3) is 0 Å². The van der Waals surface area contributed by atoms with Gasteiger partial charge in [-0.1, -0.05) is 36.4 Å². The maximum atomic E-state index is 13.6. The number of amides is 2. The second-order valence-electron chi connectivity index (χ2n) is 8.18. The molecule has 0 bridgehead atoms. The molecule has 2 N–H and O–H groups in total. The molecule has 7 heteroatoms. The smallest absolute Gasteiger partial charge is 0.274 e. The zero-order valence-corrected chi connectivity index (χ0v) is 17.6. The number of carbonyl (C=O) groups excluding carboxylic acids is 2. The lowest BCUT2D eigenvalue weighted by Crippen LogP contribution is -2.41. The molecule has 1 aliphatic carbocycles. The van der Waals surface area contributed by atoms with Crippen molar-refractivity contribution in [1.29, 1.82) is 0 Å². The molecule has 2 amide bonds. The Bertz CT molecular complexity index is 925. The van der Waals surface area contributed by atoms with Crippen LogP contribution in [0.1, 0.15) is 53.2 Å². The summed E-state index contributed by atoms with van der Waals surface area (Å²) in [6.07, 6.45) is 3.66. The molecular formula is C24H28N2O5. The minimum Gasteiger partial charge on any atom is -0.491 e. The predicted molar refractivity (Wildman–Crippen MR) is 114 cm³/mol. The van der Waals surface area contributed by atoms with Gasteiger partial charge in [0.15, 0.2) is 0 Å². The summed E-state index contributed by atoms with van der Waals surface area (Å²) in [6, 6.07) is 14.7. The lowest BCUT2D eigenvalue weighted by atomic mass is 9.85. The van der Waals surface area contributed by atoms with Gasteiger partial charge in [-0.2, -0.15) is 0 Å². The Labute approximate surface area is 181 Å². The first-order valence-electron chi connectivity index (χ1n) is 10.7. The van der Waals surface area contributed by atoms with Gasteiger partial charge < -0.3 is 14.4 Å². The normalized spacial score (nSPS) is 23.3. The molecule has 4 rings (SSSR count). The van der Waals surface area contributed by atoms with E-state index in [2.05, 4.69) is 0 Å². The molecule has 1 saturated carbocycles. The molecule has 164 valence electrons. The molecule has 0 aromatic heterocycles. The van der Waals surface area contributed by atoms with Crippen LogP contribution in [-0.4, -0.2) is 41.7 Å². The highest BCUT2D eigenvalue weighted by molar-refractivity contribution is 5.93. The number of nitrogens with one attached hydrogen (secondary N) is 1. The van der Waals surface area contributed by atoms with Crippen molar-refractivity contribution in [3.05, 3.63) is 65.2 Å². The molecule has 0 spiro atoms. The van der Waals surface area contributed by atoms with Crippen LogP contribution >= 0.6 is 0 Å². The average Bonchev–Trinajstić information content (AvgIpc) is 3.03. The molecule has 0 radical (unpaired) electrons. The van der Waals surface area contributed by atoms with E-state index in [9.17, 15) is 9.59 Å². The Morgan fingerprint density at radius 2 is 1.84 bits per heavy atom. The van der Waals surface area contributed by atoms with Gasteiger partial charge >= 0.3 is 0 Å². The minimum absolute atomic E-state index is 0.0291. The number of carbonyl (C=O) groups is 2. The molecule has 1 aliphatic heterocycles. The molecule has 7 nitrogen and oxygen atoms in total. The number of nitrogens with zero attached hydrogens (tertiary/aromatic N) is 1. The highest BCUT2D eigenvalue weighted by Gasteiger charge is 2.35. The maximum Gasteiger partial charge on any atom is 0.274 e. The van der Waals surface area contributed by atoms with E-state index in [1.807, 2.05) is 35.2 Å². The quantitative estimate of drug-likeness (QED) is 0.580. The fraction of sp³-hybridized carbons (Fsp3) is 0.417. The van der Waals surface area contributed by atoms with Gasteiger partial charge in [-0.05, 0) is 43.4 Å². The molecule has 2 aromatic rings. The highest BCUT2D eigenvalue weighted by atomic mass is 16.5. The Morgan fingerprint density at radius 3 is 2.52 bits per heavy atom. The number of rotatable bonds is 4. The number of hydrogen-bond donors (Lipinski definition) is 2. The fourth-order valence-electron chi connectivity index (χ4n) is 4.54. The Balaban J connectivity index is 1.63. The van der Waals surface area contributed by atoms with Gasteiger partial charge in [-0.15, -0.1) is 0 Å². The number of benzene rings is 2. The summed E-state index contributed by atoms with van der Waals surface area (Å²) in [4.78, 5) is 27.4. The van der Waals surface area contributed by atoms with Crippen molar-refractivity contribution in [2.75, 3.05) is 13.7 Å². The average molecular weight is 424 g/mol. The van der Waals surface area contributed by atoms with Crippen molar-refractivity contribution < 1.29 is 24.3 Å². The van der Waals surface area contributed by atoms with Crippen LogP contribution in [-0.2, 0) is 16.1 Å². The summed E-state index contributed by atoms with van der Waals surface area (Å²) < 4.78 is 11.5. The first-order chi connectivity index (χ1) is 15.1. The van der Waals surface area contributed by atoms with Crippen LogP contribution in [0.2, 0.25) is 0 Å². The number of hydroxylamine groups is 1.